The van der Waals surface area contributed by atoms with Gasteiger partial charge in [-0.3, -0.25) is 0 Å². The van der Waals surface area contributed by atoms with E-state index in [2.05, 4.69) is 28.8 Å². The molecule has 0 spiro atoms. The number of rotatable bonds is 4. The van der Waals surface area contributed by atoms with Gasteiger partial charge in [0.25, 0.3) is 0 Å². The van der Waals surface area contributed by atoms with Crippen LogP contribution in [0, 0.1) is 12.7 Å². The van der Waals surface area contributed by atoms with Gasteiger partial charge in [0.2, 0.25) is 0 Å². The Morgan fingerprint density at radius 3 is 2.58 bits per heavy atom. The fourth-order valence-electron chi connectivity index (χ4n) is 2.19. The van der Waals surface area contributed by atoms with Crippen LogP contribution >= 0.6 is 11.5 Å². The summed E-state index contributed by atoms with van der Waals surface area (Å²) in [5.41, 5.74) is 2.80. The quantitative estimate of drug-likeness (QED) is 0.932. The molecule has 2 aromatic rings. The van der Waals surface area contributed by atoms with Gasteiger partial charge in [-0.15, -0.1) is 5.10 Å². The third-order valence-corrected chi connectivity index (χ3v) is 3.84. The Labute approximate surface area is 117 Å². The smallest absolute Gasteiger partial charge is 0.123 e. The lowest BCUT2D eigenvalue weighted by Gasteiger charge is -2.17. The van der Waals surface area contributed by atoms with Crippen molar-refractivity contribution in [3.63, 3.8) is 0 Å². The maximum atomic E-state index is 13.6. The van der Waals surface area contributed by atoms with Gasteiger partial charge >= 0.3 is 0 Å². The topological polar surface area (TPSA) is 37.8 Å². The summed E-state index contributed by atoms with van der Waals surface area (Å²) in [4.78, 5) is 1.06. The molecule has 5 heteroatoms. The molecule has 1 aromatic heterocycles. The zero-order valence-electron chi connectivity index (χ0n) is 11.6. The highest BCUT2D eigenvalue weighted by molar-refractivity contribution is 7.05. The van der Waals surface area contributed by atoms with Gasteiger partial charge in [0.1, 0.15) is 5.82 Å². The molecule has 0 radical (unpaired) electrons. The van der Waals surface area contributed by atoms with Gasteiger partial charge in [0, 0.05) is 0 Å². The van der Waals surface area contributed by atoms with Gasteiger partial charge in [-0.05, 0) is 54.7 Å². The second kappa shape index (κ2) is 5.75. The number of benzene rings is 1. The van der Waals surface area contributed by atoms with Crippen LogP contribution < -0.4 is 5.32 Å². The third-order valence-electron chi connectivity index (χ3n) is 3.04. The molecule has 2 rings (SSSR count). The van der Waals surface area contributed by atoms with Crippen LogP contribution in [0.4, 0.5) is 4.39 Å². The predicted molar refractivity (Wildman–Crippen MR) is 76.0 cm³/mol. The SMILES string of the molecule is CNC(c1cc(C)cc(F)c1)c1snnc1C(C)C. The summed E-state index contributed by atoms with van der Waals surface area (Å²) in [6, 6.07) is 5.03. The van der Waals surface area contributed by atoms with Crippen molar-refractivity contribution in [1.82, 2.24) is 14.9 Å². The molecule has 1 atom stereocenters. The highest BCUT2D eigenvalue weighted by Gasteiger charge is 2.22. The summed E-state index contributed by atoms with van der Waals surface area (Å²) < 4.78 is 17.6. The van der Waals surface area contributed by atoms with Crippen LogP contribution in [-0.2, 0) is 0 Å². The molecule has 0 bridgehead atoms. The van der Waals surface area contributed by atoms with Gasteiger partial charge in [0.05, 0.1) is 16.6 Å². The molecule has 1 N–H and O–H groups in total. The average molecular weight is 279 g/mol. The predicted octanol–water partition coefficient (Wildman–Crippen LogP) is 3.42. The van der Waals surface area contributed by atoms with E-state index in [1.165, 1.54) is 17.6 Å². The lowest BCUT2D eigenvalue weighted by Crippen LogP contribution is -2.18. The van der Waals surface area contributed by atoms with Crippen molar-refractivity contribution in [2.75, 3.05) is 7.05 Å². The molecule has 0 aliphatic carbocycles. The van der Waals surface area contributed by atoms with Crippen LogP contribution in [0.15, 0.2) is 18.2 Å². The van der Waals surface area contributed by atoms with E-state index in [4.69, 9.17) is 0 Å². The second-order valence-electron chi connectivity index (χ2n) is 4.96. The van der Waals surface area contributed by atoms with E-state index in [-0.39, 0.29) is 11.9 Å². The van der Waals surface area contributed by atoms with Crippen LogP contribution in [0.2, 0.25) is 0 Å². The minimum atomic E-state index is -0.209. The Morgan fingerprint density at radius 2 is 2.00 bits per heavy atom. The molecule has 3 nitrogen and oxygen atoms in total. The first kappa shape index (κ1) is 14.1. The van der Waals surface area contributed by atoms with Crippen LogP contribution in [0.5, 0.6) is 0 Å². The van der Waals surface area contributed by atoms with Crippen molar-refractivity contribution >= 4 is 11.5 Å². The summed E-state index contributed by atoms with van der Waals surface area (Å²) in [6.45, 7) is 6.07. The molecular weight excluding hydrogens is 261 g/mol. The van der Waals surface area contributed by atoms with Crippen LogP contribution in [0.1, 0.15) is 47.5 Å². The largest absolute Gasteiger partial charge is 0.309 e. The van der Waals surface area contributed by atoms with Gasteiger partial charge < -0.3 is 5.32 Å². The summed E-state index contributed by atoms with van der Waals surface area (Å²) in [5, 5.41) is 7.42. The summed E-state index contributed by atoms with van der Waals surface area (Å²) in [7, 11) is 1.87. The van der Waals surface area contributed by atoms with Gasteiger partial charge in [-0.1, -0.05) is 24.4 Å². The maximum absolute atomic E-state index is 13.6. The zero-order chi connectivity index (χ0) is 14.0. The summed E-state index contributed by atoms with van der Waals surface area (Å²) >= 11 is 1.37. The third kappa shape index (κ3) is 2.98. The van der Waals surface area contributed by atoms with Crippen LogP contribution in [-0.4, -0.2) is 16.6 Å². The Bertz CT molecular complexity index is 545. The fraction of sp³-hybridized carbons (Fsp3) is 0.429. The van der Waals surface area contributed by atoms with E-state index in [0.29, 0.717) is 5.92 Å². The highest BCUT2D eigenvalue weighted by atomic mass is 32.1. The van der Waals surface area contributed by atoms with Crippen molar-refractivity contribution in [3.05, 3.63) is 45.7 Å². The number of nitrogens with one attached hydrogen (secondary N) is 1. The molecule has 0 aliphatic rings. The normalized spacial score (nSPS) is 12.9. The van der Waals surface area contributed by atoms with Crippen molar-refractivity contribution in [2.24, 2.45) is 0 Å². The Kier molecular flexibility index (Phi) is 4.27. The number of hydrogen-bond donors (Lipinski definition) is 1. The Balaban J connectivity index is 2.47. The number of hydrogen-bond acceptors (Lipinski definition) is 4. The number of aromatic nitrogens is 2. The molecule has 0 amide bonds. The van der Waals surface area contributed by atoms with E-state index in [9.17, 15) is 4.39 Å². The molecule has 1 unspecified atom stereocenters. The summed E-state index contributed by atoms with van der Waals surface area (Å²) in [5.74, 6) is 0.0954. The van der Waals surface area contributed by atoms with Crippen molar-refractivity contribution in [3.8, 4) is 0 Å². The first-order valence-corrected chi connectivity index (χ1v) is 7.06. The van der Waals surface area contributed by atoms with E-state index in [1.54, 1.807) is 6.07 Å². The van der Waals surface area contributed by atoms with Crippen LogP contribution in [0.3, 0.4) is 0 Å². The second-order valence-corrected chi connectivity index (χ2v) is 5.75. The van der Waals surface area contributed by atoms with Crippen molar-refractivity contribution < 1.29 is 4.39 Å². The number of halogens is 1. The molecule has 0 fully saturated rings. The monoisotopic (exact) mass is 279 g/mol. The van der Waals surface area contributed by atoms with Gasteiger partial charge in [-0.25, -0.2) is 4.39 Å². The van der Waals surface area contributed by atoms with E-state index >= 15 is 0 Å². The minimum absolute atomic E-state index is 0.0631. The summed E-state index contributed by atoms with van der Waals surface area (Å²) in [6.07, 6.45) is 0. The Hall–Kier alpha value is -1.33. The van der Waals surface area contributed by atoms with Crippen LogP contribution in [0.25, 0.3) is 0 Å². The van der Waals surface area contributed by atoms with E-state index < -0.39 is 0 Å². The van der Waals surface area contributed by atoms with E-state index in [1.807, 2.05) is 20.0 Å². The first-order chi connectivity index (χ1) is 9.02. The standard InChI is InChI=1S/C14H18FN3S/c1-8(2)12-14(19-18-17-12)13(16-4)10-5-9(3)6-11(15)7-10/h5-8,13,16H,1-4H3. The zero-order valence-corrected chi connectivity index (χ0v) is 12.4. The highest BCUT2D eigenvalue weighted by Crippen LogP contribution is 2.31. The van der Waals surface area contributed by atoms with Gasteiger partial charge in [-0.2, -0.15) is 0 Å². The maximum Gasteiger partial charge on any atom is 0.123 e. The number of nitrogens with zero attached hydrogens (tertiary/aromatic N) is 2. The molecular formula is C14H18FN3S. The van der Waals surface area contributed by atoms with Gasteiger partial charge in [0.15, 0.2) is 0 Å². The van der Waals surface area contributed by atoms with Crippen molar-refractivity contribution in [1.29, 1.82) is 0 Å². The molecule has 102 valence electrons. The average Bonchev–Trinajstić information content (AvgIpc) is 2.78. The molecule has 1 aromatic carbocycles. The first-order valence-electron chi connectivity index (χ1n) is 6.29. The fourth-order valence-corrected chi connectivity index (χ4v) is 3.13. The van der Waals surface area contributed by atoms with Crippen molar-refractivity contribution in [2.45, 2.75) is 32.7 Å². The molecule has 0 aliphatic heterocycles. The molecule has 1 heterocycles. The molecule has 0 saturated carbocycles. The van der Waals surface area contributed by atoms with E-state index in [0.717, 1.165) is 21.7 Å². The minimum Gasteiger partial charge on any atom is -0.309 e. The Morgan fingerprint density at radius 1 is 1.26 bits per heavy atom. The molecule has 19 heavy (non-hydrogen) atoms. The number of aryl methyl sites for hydroxylation is 1. The molecule has 0 saturated heterocycles. The lowest BCUT2D eigenvalue weighted by atomic mass is 9.99. The lowest BCUT2D eigenvalue weighted by molar-refractivity contribution is 0.614.